The van der Waals surface area contributed by atoms with Gasteiger partial charge in [0.2, 0.25) is 0 Å². The van der Waals surface area contributed by atoms with E-state index in [2.05, 4.69) is 22.9 Å². The Morgan fingerprint density at radius 1 is 1.04 bits per heavy atom. The minimum absolute atomic E-state index is 0.183. The molecule has 2 aliphatic carbocycles. The fourth-order valence-corrected chi connectivity index (χ4v) is 4.62. The first kappa shape index (κ1) is 17.6. The molecular formula is C21H25N3O3. The molecule has 142 valence electrons. The number of hydrogen-bond donors (Lipinski definition) is 3. The molecule has 2 bridgehead atoms. The van der Waals surface area contributed by atoms with Gasteiger partial charge in [0.05, 0.1) is 6.26 Å². The van der Waals surface area contributed by atoms with Crippen molar-refractivity contribution < 1.29 is 14.0 Å². The summed E-state index contributed by atoms with van der Waals surface area (Å²) >= 11 is 0. The maximum absolute atomic E-state index is 12.3. The second-order valence-electron chi connectivity index (χ2n) is 7.73. The van der Waals surface area contributed by atoms with Crippen LogP contribution in [0.3, 0.4) is 0 Å². The van der Waals surface area contributed by atoms with Gasteiger partial charge >= 0.3 is 6.03 Å². The molecule has 1 heterocycles. The molecule has 3 amide bonds. The number of amides is 3. The van der Waals surface area contributed by atoms with E-state index in [1.54, 1.807) is 36.4 Å². The largest absolute Gasteiger partial charge is 0.459 e. The highest BCUT2D eigenvalue weighted by Crippen LogP contribution is 2.49. The first-order chi connectivity index (χ1) is 13.1. The van der Waals surface area contributed by atoms with Gasteiger partial charge in [-0.1, -0.05) is 6.42 Å². The predicted molar refractivity (Wildman–Crippen MR) is 104 cm³/mol. The van der Waals surface area contributed by atoms with E-state index in [9.17, 15) is 9.59 Å². The molecular weight excluding hydrogens is 342 g/mol. The SMILES string of the molecule is C[C@@H](NC(=O)Nc1ccc(NC(=O)c2ccco2)cc1)[C@@H]1C[C@H]2CC[C@H]1C2. The molecule has 0 unspecified atom stereocenters. The van der Waals surface area contributed by atoms with Crippen LogP contribution < -0.4 is 16.0 Å². The predicted octanol–water partition coefficient (Wildman–Crippen LogP) is 4.48. The standard InChI is InChI=1S/C21H25N3O3/c1-13(18-12-14-4-5-15(18)11-14)22-21(26)24-17-8-6-16(7-9-17)23-20(25)19-3-2-10-27-19/h2-3,6-10,13-15,18H,4-5,11-12H2,1H3,(H,23,25)(H2,22,24,26)/t13-,14+,15+,18+/m1/s1. The Kier molecular flexibility index (Phi) is 4.88. The van der Waals surface area contributed by atoms with Crippen LogP contribution in [0.4, 0.5) is 16.2 Å². The summed E-state index contributed by atoms with van der Waals surface area (Å²) in [5.41, 5.74) is 1.32. The van der Waals surface area contributed by atoms with E-state index in [4.69, 9.17) is 4.42 Å². The molecule has 4 rings (SSSR count). The van der Waals surface area contributed by atoms with Crippen molar-refractivity contribution in [2.75, 3.05) is 10.6 Å². The lowest BCUT2D eigenvalue weighted by Crippen LogP contribution is -2.42. The molecule has 2 saturated carbocycles. The van der Waals surface area contributed by atoms with Crippen molar-refractivity contribution in [1.29, 1.82) is 0 Å². The number of furan rings is 1. The van der Waals surface area contributed by atoms with Gasteiger partial charge in [-0.15, -0.1) is 0 Å². The summed E-state index contributed by atoms with van der Waals surface area (Å²) in [4.78, 5) is 24.3. The molecule has 4 atom stereocenters. The Labute approximate surface area is 158 Å². The van der Waals surface area contributed by atoms with E-state index in [-0.39, 0.29) is 23.7 Å². The topological polar surface area (TPSA) is 83.4 Å². The fraction of sp³-hybridized carbons (Fsp3) is 0.429. The Morgan fingerprint density at radius 2 is 1.78 bits per heavy atom. The molecule has 0 saturated heterocycles. The van der Waals surface area contributed by atoms with Gasteiger partial charge in [0, 0.05) is 17.4 Å². The summed E-state index contributed by atoms with van der Waals surface area (Å²) in [6.45, 7) is 2.11. The highest BCUT2D eigenvalue weighted by Gasteiger charge is 2.42. The Bertz CT molecular complexity index is 801. The minimum Gasteiger partial charge on any atom is -0.459 e. The third-order valence-electron chi connectivity index (χ3n) is 5.94. The highest BCUT2D eigenvalue weighted by molar-refractivity contribution is 6.02. The van der Waals surface area contributed by atoms with Gasteiger partial charge in [-0.25, -0.2) is 4.79 Å². The number of urea groups is 1. The van der Waals surface area contributed by atoms with Crippen LogP contribution in [0.15, 0.2) is 47.1 Å². The molecule has 2 fully saturated rings. The molecule has 6 heteroatoms. The average Bonchev–Trinajstić information content (AvgIpc) is 3.41. The molecule has 2 aromatic rings. The third-order valence-corrected chi connectivity index (χ3v) is 5.94. The molecule has 3 N–H and O–H groups in total. The smallest absolute Gasteiger partial charge is 0.319 e. The van der Waals surface area contributed by atoms with E-state index in [1.165, 1.54) is 31.9 Å². The molecule has 1 aromatic heterocycles. The summed E-state index contributed by atoms with van der Waals surface area (Å²) in [6.07, 6.45) is 6.72. The number of fused-ring (bicyclic) bond motifs is 2. The van der Waals surface area contributed by atoms with Gasteiger partial charge in [-0.2, -0.15) is 0 Å². The maximum Gasteiger partial charge on any atom is 0.319 e. The van der Waals surface area contributed by atoms with Gasteiger partial charge in [-0.3, -0.25) is 4.79 Å². The summed E-state index contributed by atoms with van der Waals surface area (Å²) in [5, 5.41) is 8.70. The van der Waals surface area contributed by atoms with Gasteiger partial charge in [0.25, 0.3) is 5.91 Å². The number of rotatable bonds is 5. The van der Waals surface area contributed by atoms with Gasteiger partial charge < -0.3 is 20.4 Å². The molecule has 0 spiro atoms. The Hall–Kier alpha value is -2.76. The lowest BCUT2D eigenvalue weighted by atomic mass is 9.84. The molecule has 0 radical (unpaired) electrons. The Morgan fingerprint density at radius 3 is 2.37 bits per heavy atom. The number of nitrogens with one attached hydrogen (secondary N) is 3. The fourth-order valence-electron chi connectivity index (χ4n) is 4.62. The van der Waals surface area contributed by atoms with Crippen LogP contribution in [-0.2, 0) is 0 Å². The molecule has 6 nitrogen and oxygen atoms in total. The van der Waals surface area contributed by atoms with Crippen molar-refractivity contribution in [3.8, 4) is 0 Å². The van der Waals surface area contributed by atoms with Crippen LogP contribution in [0.2, 0.25) is 0 Å². The van der Waals surface area contributed by atoms with Crippen LogP contribution in [0.25, 0.3) is 0 Å². The second-order valence-corrected chi connectivity index (χ2v) is 7.73. The van der Waals surface area contributed by atoms with Crippen LogP contribution in [0, 0.1) is 17.8 Å². The molecule has 1 aromatic carbocycles. The first-order valence-corrected chi connectivity index (χ1v) is 9.61. The van der Waals surface area contributed by atoms with E-state index >= 15 is 0 Å². The Balaban J connectivity index is 1.27. The number of hydrogen-bond acceptors (Lipinski definition) is 3. The van der Waals surface area contributed by atoms with E-state index in [0.29, 0.717) is 17.3 Å². The number of carbonyl (C=O) groups is 2. The first-order valence-electron chi connectivity index (χ1n) is 9.61. The van der Waals surface area contributed by atoms with Crippen molar-refractivity contribution in [2.45, 2.75) is 38.6 Å². The summed E-state index contributed by atoms with van der Waals surface area (Å²) in [5.74, 6) is 2.21. The van der Waals surface area contributed by atoms with Crippen LogP contribution in [0.1, 0.15) is 43.2 Å². The zero-order chi connectivity index (χ0) is 18.8. The van der Waals surface area contributed by atoms with Gasteiger partial charge in [0.1, 0.15) is 0 Å². The highest BCUT2D eigenvalue weighted by atomic mass is 16.3. The van der Waals surface area contributed by atoms with Gasteiger partial charge in [-0.05, 0) is 80.3 Å². The minimum atomic E-state index is -0.307. The monoisotopic (exact) mass is 367 g/mol. The lowest BCUT2D eigenvalue weighted by molar-refractivity contribution is 0.0996. The number of benzene rings is 1. The normalized spacial score (nSPS) is 24.4. The number of carbonyl (C=O) groups excluding carboxylic acids is 2. The van der Waals surface area contributed by atoms with E-state index < -0.39 is 0 Å². The van der Waals surface area contributed by atoms with Crippen LogP contribution >= 0.6 is 0 Å². The van der Waals surface area contributed by atoms with Crippen molar-refractivity contribution in [2.24, 2.45) is 17.8 Å². The van der Waals surface area contributed by atoms with Crippen molar-refractivity contribution in [3.05, 3.63) is 48.4 Å². The zero-order valence-corrected chi connectivity index (χ0v) is 15.4. The average molecular weight is 367 g/mol. The third kappa shape index (κ3) is 3.99. The quantitative estimate of drug-likeness (QED) is 0.729. The maximum atomic E-state index is 12.3. The van der Waals surface area contributed by atoms with Crippen molar-refractivity contribution in [1.82, 2.24) is 5.32 Å². The number of anilines is 2. The zero-order valence-electron chi connectivity index (χ0n) is 15.4. The summed E-state index contributed by atoms with van der Waals surface area (Å²) < 4.78 is 5.06. The lowest BCUT2D eigenvalue weighted by Gasteiger charge is -2.28. The summed E-state index contributed by atoms with van der Waals surface area (Å²) in [7, 11) is 0. The van der Waals surface area contributed by atoms with Crippen LogP contribution in [0.5, 0.6) is 0 Å². The van der Waals surface area contributed by atoms with Crippen molar-refractivity contribution >= 4 is 23.3 Å². The second kappa shape index (κ2) is 7.47. The van der Waals surface area contributed by atoms with Crippen molar-refractivity contribution in [3.63, 3.8) is 0 Å². The van der Waals surface area contributed by atoms with Gasteiger partial charge in [0.15, 0.2) is 5.76 Å². The molecule has 0 aliphatic heterocycles. The van der Waals surface area contributed by atoms with E-state index in [1.807, 2.05) is 0 Å². The van der Waals surface area contributed by atoms with E-state index in [0.717, 1.165) is 11.8 Å². The molecule has 27 heavy (non-hydrogen) atoms. The van der Waals surface area contributed by atoms with Crippen LogP contribution in [-0.4, -0.2) is 18.0 Å². The summed E-state index contributed by atoms with van der Waals surface area (Å²) in [6, 6.07) is 10.3. The molecule has 2 aliphatic rings.